The Bertz CT molecular complexity index is 1090. The van der Waals surface area contributed by atoms with E-state index in [1.807, 2.05) is 44.3 Å². The topological polar surface area (TPSA) is 102 Å². The molecule has 0 aliphatic carbocycles. The fraction of sp³-hybridized carbons (Fsp3) is 0.567. The van der Waals surface area contributed by atoms with Crippen molar-refractivity contribution in [3.05, 3.63) is 57.5 Å². The normalized spacial score (nSPS) is 14.9. The van der Waals surface area contributed by atoms with E-state index in [1.54, 1.807) is 11.6 Å². The van der Waals surface area contributed by atoms with Crippen LogP contribution in [0.25, 0.3) is 0 Å². The van der Waals surface area contributed by atoms with Gasteiger partial charge in [-0.1, -0.05) is 27.2 Å². The van der Waals surface area contributed by atoms with Gasteiger partial charge in [-0.05, 0) is 74.8 Å². The van der Waals surface area contributed by atoms with E-state index in [2.05, 4.69) is 26.1 Å². The van der Waals surface area contributed by atoms with Crippen molar-refractivity contribution in [1.82, 2.24) is 9.88 Å². The van der Waals surface area contributed by atoms with Crippen molar-refractivity contribution in [2.75, 3.05) is 32.9 Å². The number of aliphatic carboxylic acids is 1. The van der Waals surface area contributed by atoms with Gasteiger partial charge in [0.15, 0.2) is 0 Å². The Morgan fingerprint density at radius 1 is 1.21 bits per heavy atom. The number of nitrogens with zero attached hydrogens (tertiary/aromatic N) is 2. The van der Waals surface area contributed by atoms with E-state index in [-0.39, 0.29) is 18.0 Å². The van der Waals surface area contributed by atoms with Crippen LogP contribution in [0.4, 0.5) is 5.69 Å². The first-order chi connectivity index (χ1) is 18.2. The van der Waals surface area contributed by atoms with Crippen LogP contribution in [-0.4, -0.2) is 54.3 Å². The van der Waals surface area contributed by atoms with Crippen LogP contribution in [0.15, 0.2) is 40.2 Å². The highest BCUT2D eigenvalue weighted by Crippen LogP contribution is 2.26. The van der Waals surface area contributed by atoms with Gasteiger partial charge in [0.1, 0.15) is 12.4 Å². The molecule has 8 nitrogen and oxygen atoms in total. The number of carboxylic acid groups (broad SMARTS) is 1. The predicted octanol–water partition coefficient (Wildman–Crippen LogP) is 5.05. The second-order valence-electron chi connectivity index (χ2n) is 9.97. The maximum Gasteiger partial charge on any atom is 0.317 e. The van der Waals surface area contributed by atoms with Crippen molar-refractivity contribution in [3.8, 4) is 5.75 Å². The van der Waals surface area contributed by atoms with Crippen molar-refractivity contribution >= 4 is 17.4 Å². The summed E-state index contributed by atoms with van der Waals surface area (Å²) in [6.45, 7) is 13.1. The predicted molar refractivity (Wildman–Crippen MR) is 153 cm³/mol. The molecule has 0 bridgehead atoms. The molecular weight excluding hydrogens is 482 g/mol. The Balaban J connectivity index is 0.000000538. The Morgan fingerprint density at radius 2 is 1.92 bits per heavy atom. The second-order valence-corrected chi connectivity index (χ2v) is 9.97. The summed E-state index contributed by atoms with van der Waals surface area (Å²) in [7, 11) is 1.76. The quantitative estimate of drug-likeness (QED) is 0.313. The molecule has 2 N–H and O–H groups in total. The summed E-state index contributed by atoms with van der Waals surface area (Å²) in [4.78, 5) is 27.5. The van der Waals surface area contributed by atoms with Gasteiger partial charge >= 0.3 is 5.97 Å². The molecule has 1 aromatic carbocycles. The summed E-state index contributed by atoms with van der Waals surface area (Å²) >= 11 is 0. The molecule has 1 saturated heterocycles. The number of pyridine rings is 1. The minimum absolute atomic E-state index is 0.00206. The Hall–Kier alpha value is -2.97. The molecule has 2 heterocycles. The molecule has 0 saturated carbocycles. The summed E-state index contributed by atoms with van der Waals surface area (Å²) in [5, 5.41) is 11.4. The maximum absolute atomic E-state index is 12.1. The molecule has 8 heteroatoms. The number of carboxylic acids is 1. The van der Waals surface area contributed by atoms with E-state index in [0.717, 1.165) is 48.1 Å². The number of aryl methyl sites for hydroxylation is 3. The molecule has 0 radical (unpaired) electrons. The molecule has 1 aliphatic heterocycles. The van der Waals surface area contributed by atoms with Crippen LogP contribution in [0.5, 0.6) is 5.75 Å². The third-order valence-corrected chi connectivity index (χ3v) is 6.89. The van der Waals surface area contributed by atoms with E-state index in [4.69, 9.17) is 19.6 Å². The molecule has 1 aromatic heterocycles. The zero-order chi connectivity index (χ0) is 28.1. The SMILES string of the molecule is CCC(C)C(=Nc1ccc(OCCNCC(=O)O)cc1C)c1cc(C)c(=O)n(C)c1.CCC1CCOCC1. The van der Waals surface area contributed by atoms with Gasteiger partial charge in [-0.3, -0.25) is 14.6 Å². The smallest absolute Gasteiger partial charge is 0.317 e. The molecule has 1 fully saturated rings. The molecule has 210 valence electrons. The number of nitrogens with one attached hydrogen (secondary N) is 1. The number of hydrogen-bond donors (Lipinski definition) is 2. The fourth-order valence-corrected chi connectivity index (χ4v) is 4.23. The van der Waals surface area contributed by atoms with Gasteiger partial charge < -0.3 is 24.5 Å². The van der Waals surface area contributed by atoms with Gasteiger partial charge in [0, 0.05) is 44.1 Å². The summed E-state index contributed by atoms with van der Waals surface area (Å²) in [5.74, 6) is 1.02. The van der Waals surface area contributed by atoms with Gasteiger partial charge in [-0.15, -0.1) is 0 Å². The van der Waals surface area contributed by atoms with Gasteiger partial charge in [-0.25, -0.2) is 0 Å². The van der Waals surface area contributed by atoms with Crippen LogP contribution in [-0.2, 0) is 16.6 Å². The highest BCUT2D eigenvalue weighted by Gasteiger charge is 2.15. The molecule has 0 amide bonds. The lowest BCUT2D eigenvalue weighted by Crippen LogP contribution is -2.26. The van der Waals surface area contributed by atoms with E-state index in [0.29, 0.717) is 24.5 Å². The first kappa shape index (κ1) is 31.2. The number of ether oxygens (including phenoxy) is 2. The number of carbonyl (C=O) groups is 1. The van der Waals surface area contributed by atoms with Crippen LogP contribution >= 0.6 is 0 Å². The lowest BCUT2D eigenvalue weighted by molar-refractivity contribution is -0.135. The number of benzene rings is 1. The summed E-state index contributed by atoms with van der Waals surface area (Å²) in [6.07, 6.45) is 6.69. The van der Waals surface area contributed by atoms with Gasteiger partial charge in [0.05, 0.1) is 17.9 Å². The van der Waals surface area contributed by atoms with Crippen LogP contribution in [0, 0.1) is 25.7 Å². The Morgan fingerprint density at radius 3 is 2.47 bits per heavy atom. The maximum atomic E-state index is 12.1. The zero-order valence-corrected chi connectivity index (χ0v) is 23.9. The summed E-state index contributed by atoms with van der Waals surface area (Å²) in [6, 6.07) is 7.62. The summed E-state index contributed by atoms with van der Waals surface area (Å²) < 4.78 is 12.5. The molecule has 3 rings (SSSR count). The number of aromatic nitrogens is 1. The van der Waals surface area contributed by atoms with Gasteiger partial charge in [0.2, 0.25) is 0 Å². The van der Waals surface area contributed by atoms with Crippen molar-refractivity contribution in [2.45, 2.75) is 60.3 Å². The molecule has 1 atom stereocenters. The Labute approximate surface area is 227 Å². The minimum atomic E-state index is -0.890. The van der Waals surface area contributed by atoms with E-state index in [9.17, 15) is 9.59 Å². The van der Waals surface area contributed by atoms with Gasteiger partial charge in [-0.2, -0.15) is 0 Å². The van der Waals surface area contributed by atoms with Crippen LogP contribution in [0.3, 0.4) is 0 Å². The average Bonchev–Trinajstić information content (AvgIpc) is 2.91. The van der Waals surface area contributed by atoms with Gasteiger partial charge in [0.25, 0.3) is 5.56 Å². The first-order valence-electron chi connectivity index (χ1n) is 13.7. The summed E-state index contributed by atoms with van der Waals surface area (Å²) in [5.41, 5.74) is 4.43. The second kappa shape index (κ2) is 16.1. The standard InChI is InChI=1S/C23H31N3O4.C7H14O/c1-6-15(2)22(18-11-17(4)23(29)26(5)14-18)25-20-8-7-19(12-16(20)3)30-10-9-24-13-21(27)28;1-2-7-3-5-8-6-4-7/h7-8,11-12,14-15,24H,6,9-10,13H2,1-5H3,(H,27,28);7H,2-6H2,1H3. The van der Waals surface area contributed by atoms with E-state index < -0.39 is 5.97 Å². The number of aliphatic imine (C=N–C) groups is 1. The van der Waals surface area contributed by atoms with E-state index >= 15 is 0 Å². The largest absolute Gasteiger partial charge is 0.492 e. The molecular formula is C30H45N3O5. The zero-order valence-electron chi connectivity index (χ0n) is 23.9. The molecule has 38 heavy (non-hydrogen) atoms. The van der Waals surface area contributed by atoms with Crippen LogP contribution in [0.2, 0.25) is 0 Å². The average molecular weight is 528 g/mol. The highest BCUT2D eigenvalue weighted by atomic mass is 16.5. The molecule has 0 spiro atoms. The fourth-order valence-electron chi connectivity index (χ4n) is 4.23. The molecule has 1 unspecified atom stereocenters. The molecule has 2 aromatic rings. The minimum Gasteiger partial charge on any atom is -0.492 e. The van der Waals surface area contributed by atoms with Crippen molar-refractivity contribution in [2.24, 2.45) is 23.9 Å². The van der Waals surface area contributed by atoms with Crippen molar-refractivity contribution in [1.29, 1.82) is 0 Å². The third-order valence-electron chi connectivity index (χ3n) is 6.89. The lowest BCUT2D eigenvalue weighted by atomic mass is 9.96. The number of hydrogen-bond acceptors (Lipinski definition) is 6. The van der Waals surface area contributed by atoms with Crippen molar-refractivity contribution < 1.29 is 19.4 Å². The first-order valence-corrected chi connectivity index (χ1v) is 13.7. The van der Waals surface area contributed by atoms with Crippen LogP contribution in [0.1, 0.15) is 63.1 Å². The lowest BCUT2D eigenvalue weighted by Gasteiger charge is -2.19. The molecule has 1 aliphatic rings. The highest BCUT2D eigenvalue weighted by molar-refractivity contribution is 6.03. The monoisotopic (exact) mass is 527 g/mol. The van der Waals surface area contributed by atoms with E-state index in [1.165, 1.54) is 19.3 Å². The van der Waals surface area contributed by atoms with Crippen molar-refractivity contribution in [3.63, 3.8) is 0 Å². The van der Waals surface area contributed by atoms with Crippen LogP contribution < -0.4 is 15.6 Å². The third kappa shape index (κ3) is 10.1. The number of rotatable bonds is 11. The Kier molecular flexibility index (Phi) is 13.2.